The van der Waals surface area contributed by atoms with Crippen LogP contribution in [0.4, 0.5) is 0 Å². The molecule has 0 bridgehead atoms. The highest BCUT2D eigenvalue weighted by molar-refractivity contribution is 7.98. The molecule has 7 heteroatoms. The van der Waals surface area contributed by atoms with E-state index in [2.05, 4.69) is 5.32 Å². The lowest BCUT2D eigenvalue weighted by Crippen LogP contribution is -2.47. The smallest absolute Gasteiger partial charge is 0.331 e. The van der Waals surface area contributed by atoms with Crippen LogP contribution in [-0.4, -0.2) is 43.9 Å². The van der Waals surface area contributed by atoms with Crippen molar-refractivity contribution in [1.82, 2.24) is 5.32 Å². The highest BCUT2D eigenvalue weighted by Gasteiger charge is 2.26. The third-order valence-electron chi connectivity index (χ3n) is 3.86. The van der Waals surface area contributed by atoms with Crippen molar-refractivity contribution in [3.63, 3.8) is 0 Å². The second-order valence-electron chi connectivity index (χ2n) is 5.67. The van der Waals surface area contributed by atoms with Crippen LogP contribution >= 0.6 is 11.8 Å². The molecule has 0 aliphatic heterocycles. The van der Waals surface area contributed by atoms with Gasteiger partial charge in [0.25, 0.3) is 5.91 Å². The fourth-order valence-corrected chi connectivity index (χ4v) is 2.48. The van der Waals surface area contributed by atoms with Crippen molar-refractivity contribution in [3.8, 4) is 0 Å². The molecule has 26 heavy (non-hydrogen) atoms. The van der Waals surface area contributed by atoms with E-state index in [4.69, 9.17) is 9.47 Å². The zero-order valence-electron chi connectivity index (χ0n) is 15.5. The zero-order chi connectivity index (χ0) is 19.5. The van der Waals surface area contributed by atoms with Crippen molar-refractivity contribution in [1.29, 1.82) is 0 Å². The van der Waals surface area contributed by atoms with Gasteiger partial charge in [-0.3, -0.25) is 4.79 Å². The van der Waals surface area contributed by atoms with Gasteiger partial charge >= 0.3 is 11.9 Å². The number of hydrogen-bond acceptors (Lipinski definition) is 6. The van der Waals surface area contributed by atoms with Gasteiger partial charge in [0.15, 0.2) is 6.61 Å². The maximum atomic E-state index is 11.9. The van der Waals surface area contributed by atoms with E-state index in [-0.39, 0.29) is 5.92 Å². The first-order chi connectivity index (χ1) is 12.4. The fraction of sp³-hybridized carbons (Fsp3) is 0.421. The molecule has 0 unspecified atom stereocenters. The van der Waals surface area contributed by atoms with Crippen LogP contribution in [0.3, 0.4) is 0 Å². The number of amides is 1. The number of rotatable bonds is 9. The average Bonchev–Trinajstić information content (AvgIpc) is 2.67. The third-order valence-corrected chi connectivity index (χ3v) is 4.60. The van der Waals surface area contributed by atoms with E-state index in [1.54, 1.807) is 17.8 Å². The van der Waals surface area contributed by atoms with Crippen molar-refractivity contribution in [2.24, 2.45) is 5.92 Å². The summed E-state index contributed by atoms with van der Waals surface area (Å²) in [5, 5.41) is 2.54. The number of nitrogens with one attached hydrogen (secondary N) is 1. The first kappa shape index (κ1) is 21.8. The molecule has 0 aliphatic carbocycles. The maximum Gasteiger partial charge on any atom is 0.331 e. The summed E-state index contributed by atoms with van der Waals surface area (Å²) in [6, 6.07) is 6.91. The maximum absolute atomic E-state index is 11.9. The van der Waals surface area contributed by atoms with Crippen molar-refractivity contribution < 1.29 is 23.9 Å². The van der Waals surface area contributed by atoms with Crippen LogP contribution in [0, 0.1) is 5.92 Å². The van der Waals surface area contributed by atoms with Crippen LogP contribution in [-0.2, 0) is 23.9 Å². The Morgan fingerprint density at radius 3 is 2.42 bits per heavy atom. The summed E-state index contributed by atoms with van der Waals surface area (Å²) in [5.41, 5.74) is 0.853. The van der Waals surface area contributed by atoms with Crippen LogP contribution in [0.15, 0.2) is 35.2 Å². The van der Waals surface area contributed by atoms with Gasteiger partial charge < -0.3 is 14.8 Å². The first-order valence-corrected chi connectivity index (χ1v) is 9.49. The lowest BCUT2D eigenvalue weighted by Gasteiger charge is -2.21. The van der Waals surface area contributed by atoms with E-state index >= 15 is 0 Å². The van der Waals surface area contributed by atoms with Gasteiger partial charge in [-0.1, -0.05) is 32.4 Å². The standard InChI is InChI=1S/C19H25NO5S/c1-5-13(2)18(19(23)24-3)20-16(21)12-25-17(22)11-8-14-6-9-15(26-4)10-7-14/h6-11,13,18H,5,12H2,1-4H3,(H,20,21)/b11-8+/t13-,18-/m0/s1. The lowest BCUT2D eigenvalue weighted by molar-refractivity contribution is -0.148. The predicted octanol–water partition coefficient (Wildman–Crippen LogP) is 2.67. The molecule has 0 aromatic heterocycles. The van der Waals surface area contributed by atoms with E-state index < -0.39 is 30.5 Å². The van der Waals surface area contributed by atoms with Crippen LogP contribution in [0.1, 0.15) is 25.8 Å². The summed E-state index contributed by atoms with van der Waals surface area (Å²) >= 11 is 1.63. The van der Waals surface area contributed by atoms with E-state index in [0.29, 0.717) is 6.42 Å². The second-order valence-corrected chi connectivity index (χ2v) is 6.55. The normalized spacial score (nSPS) is 13.1. The predicted molar refractivity (Wildman–Crippen MR) is 102 cm³/mol. The van der Waals surface area contributed by atoms with Gasteiger partial charge in [-0.25, -0.2) is 9.59 Å². The monoisotopic (exact) mass is 379 g/mol. The number of thioether (sulfide) groups is 1. The number of carbonyl (C=O) groups is 3. The summed E-state index contributed by atoms with van der Waals surface area (Å²) in [7, 11) is 1.26. The van der Waals surface area contributed by atoms with E-state index in [1.807, 2.05) is 44.4 Å². The average molecular weight is 379 g/mol. The Bertz CT molecular complexity index is 642. The molecular formula is C19H25NO5S. The van der Waals surface area contributed by atoms with Crippen LogP contribution in [0.25, 0.3) is 6.08 Å². The number of benzene rings is 1. The van der Waals surface area contributed by atoms with Gasteiger partial charge in [-0.05, 0) is 35.9 Å². The molecule has 0 saturated heterocycles. The Hall–Kier alpha value is -2.28. The summed E-state index contributed by atoms with van der Waals surface area (Å²) < 4.78 is 9.60. The molecule has 0 aliphatic rings. The Kier molecular flexibility index (Phi) is 9.51. The summed E-state index contributed by atoms with van der Waals surface area (Å²) in [6.07, 6.45) is 5.55. The molecular weight excluding hydrogens is 354 g/mol. The Morgan fingerprint density at radius 2 is 1.88 bits per heavy atom. The third kappa shape index (κ3) is 7.31. The van der Waals surface area contributed by atoms with Gasteiger partial charge in [-0.15, -0.1) is 11.8 Å². The largest absolute Gasteiger partial charge is 0.467 e. The van der Waals surface area contributed by atoms with Crippen molar-refractivity contribution in [2.75, 3.05) is 20.0 Å². The Balaban J connectivity index is 2.50. The summed E-state index contributed by atoms with van der Waals surface area (Å²) in [5.74, 6) is -1.79. The highest BCUT2D eigenvalue weighted by Crippen LogP contribution is 2.15. The molecule has 142 valence electrons. The van der Waals surface area contributed by atoms with E-state index in [1.165, 1.54) is 13.2 Å². The van der Waals surface area contributed by atoms with Gasteiger partial charge in [-0.2, -0.15) is 0 Å². The lowest BCUT2D eigenvalue weighted by atomic mass is 9.99. The quantitative estimate of drug-likeness (QED) is 0.404. The number of ether oxygens (including phenoxy) is 2. The minimum absolute atomic E-state index is 0.0914. The van der Waals surface area contributed by atoms with Gasteiger partial charge in [0, 0.05) is 11.0 Å². The summed E-state index contributed by atoms with van der Waals surface area (Å²) in [6.45, 7) is 3.28. The minimum Gasteiger partial charge on any atom is -0.467 e. The van der Waals surface area contributed by atoms with Crippen molar-refractivity contribution in [3.05, 3.63) is 35.9 Å². The van der Waals surface area contributed by atoms with Crippen LogP contribution in [0.5, 0.6) is 0 Å². The molecule has 1 aromatic carbocycles. The van der Waals surface area contributed by atoms with Crippen molar-refractivity contribution in [2.45, 2.75) is 31.2 Å². The molecule has 1 aromatic rings. The number of esters is 2. The van der Waals surface area contributed by atoms with Gasteiger partial charge in [0.05, 0.1) is 7.11 Å². The molecule has 0 heterocycles. The molecule has 0 radical (unpaired) electrons. The molecule has 0 fully saturated rings. The molecule has 1 N–H and O–H groups in total. The number of hydrogen-bond donors (Lipinski definition) is 1. The van der Waals surface area contributed by atoms with E-state index in [0.717, 1.165) is 10.5 Å². The van der Waals surface area contributed by atoms with Crippen LogP contribution in [0.2, 0.25) is 0 Å². The molecule has 0 saturated carbocycles. The fourth-order valence-electron chi connectivity index (χ4n) is 2.08. The van der Waals surface area contributed by atoms with E-state index in [9.17, 15) is 14.4 Å². The van der Waals surface area contributed by atoms with Gasteiger partial charge in [0.2, 0.25) is 0 Å². The number of carbonyl (C=O) groups excluding carboxylic acids is 3. The Morgan fingerprint density at radius 1 is 1.23 bits per heavy atom. The zero-order valence-corrected chi connectivity index (χ0v) is 16.3. The molecule has 0 spiro atoms. The molecule has 1 rings (SSSR count). The SMILES string of the molecule is CC[C@H](C)[C@H](NC(=O)COC(=O)/C=C/c1ccc(SC)cc1)C(=O)OC. The molecule has 1 amide bonds. The Labute approximate surface area is 158 Å². The van der Waals surface area contributed by atoms with Crippen molar-refractivity contribution >= 4 is 35.7 Å². The highest BCUT2D eigenvalue weighted by atomic mass is 32.2. The first-order valence-electron chi connectivity index (χ1n) is 8.27. The van der Waals surface area contributed by atoms with Gasteiger partial charge in [0.1, 0.15) is 6.04 Å². The topological polar surface area (TPSA) is 81.7 Å². The molecule has 6 nitrogen and oxygen atoms in total. The number of methoxy groups -OCH3 is 1. The van der Waals surface area contributed by atoms with Crippen LogP contribution < -0.4 is 5.32 Å². The summed E-state index contributed by atoms with van der Waals surface area (Å²) in [4.78, 5) is 36.5. The second kappa shape index (κ2) is 11.4. The molecule has 2 atom stereocenters. The minimum atomic E-state index is -0.762.